The SMILES string of the molecule is Cc1cc(C)cc(COC(=O)C(N)Cc2ccc(Cl)c(Cl)c2)c1. The van der Waals surface area contributed by atoms with Gasteiger partial charge >= 0.3 is 5.97 Å². The molecule has 2 rings (SSSR count). The highest BCUT2D eigenvalue weighted by molar-refractivity contribution is 6.42. The summed E-state index contributed by atoms with van der Waals surface area (Å²) in [5.74, 6) is -0.435. The fourth-order valence-electron chi connectivity index (χ4n) is 2.42. The molecule has 0 heterocycles. The number of hydrogen-bond acceptors (Lipinski definition) is 3. The van der Waals surface area contributed by atoms with Crippen LogP contribution in [0.1, 0.15) is 22.3 Å². The van der Waals surface area contributed by atoms with Crippen LogP contribution in [0.4, 0.5) is 0 Å². The topological polar surface area (TPSA) is 52.3 Å². The average Bonchev–Trinajstić information content (AvgIpc) is 2.47. The zero-order valence-corrected chi connectivity index (χ0v) is 14.6. The van der Waals surface area contributed by atoms with Crippen LogP contribution in [0, 0.1) is 13.8 Å². The van der Waals surface area contributed by atoms with Crippen molar-refractivity contribution in [1.29, 1.82) is 0 Å². The van der Waals surface area contributed by atoms with Crippen molar-refractivity contribution in [2.45, 2.75) is 32.9 Å². The van der Waals surface area contributed by atoms with Crippen LogP contribution in [0.3, 0.4) is 0 Å². The van der Waals surface area contributed by atoms with Crippen LogP contribution in [0.15, 0.2) is 36.4 Å². The molecule has 0 amide bonds. The Hall–Kier alpha value is -1.55. The molecule has 1 atom stereocenters. The fraction of sp³-hybridized carbons (Fsp3) is 0.278. The lowest BCUT2D eigenvalue weighted by molar-refractivity contribution is -0.146. The number of hydrogen-bond donors (Lipinski definition) is 1. The molecule has 0 aromatic heterocycles. The van der Waals surface area contributed by atoms with E-state index in [-0.39, 0.29) is 6.61 Å². The van der Waals surface area contributed by atoms with Gasteiger partial charge in [0, 0.05) is 0 Å². The molecule has 2 aromatic carbocycles. The molecule has 0 saturated carbocycles. The summed E-state index contributed by atoms with van der Waals surface area (Å²) in [5.41, 5.74) is 9.98. The lowest BCUT2D eigenvalue weighted by Crippen LogP contribution is -2.34. The van der Waals surface area contributed by atoms with Gasteiger partial charge in [-0.1, -0.05) is 58.6 Å². The van der Waals surface area contributed by atoms with Crippen LogP contribution in [0.2, 0.25) is 10.0 Å². The minimum absolute atomic E-state index is 0.219. The van der Waals surface area contributed by atoms with Gasteiger partial charge in [-0.3, -0.25) is 4.79 Å². The second kappa shape index (κ2) is 7.82. The Labute approximate surface area is 146 Å². The number of carbonyl (C=O) groups is 1. The third-order valence-electron chi connectivity index (χ3n) is 3.40. The number of nitrogens with two attached hydrogens (primary N) is 1. The van der Waals surface area contributed by atoms with E-state index in [0.717, 1.165) is 22.3 Å². The first-order valence-electron chi connectivity index (χ1n) is 7.28. The Bertz CT molecular complexity index is 696. The number of aryl methyl sites for hydroxylation is 2. The molecule has 2 aromatic rings. The van der Waals surface area contributed by atoms with Crippen molar-refractivity contribution in [1.82, 2.24) is 0 Å². The van der Waals surface area contributed by atoms with E-state index >= 15 is 0 Å². The number of halogens is 2. The summed E-state index contributed by atoms with van der Waals surface area (Å²) in [7, 11) is 0. The Morgan fingerprint density at radius 2 is 1.70 bits per heavy atom. The van der Waals surface area contributed by atoms with Crippen LogP contribution in [0.25, 0.3) is 0 Å². The molecular weight excluding hydrogens is 333 g/mol. The first kappa shape index (κ1) is 17.8. The summed E-state index contributed by atoms with van der Waals surface area (Å²) in [4.78, 5) is 12.0. The third-order valence-corrected chi connectivity index (χ3v) is 4.14. The number of esters is 1. The summed E-state index contributed by atoms with van der Waals surface area (Å²) in [6.45, 7) is 4.24. The van der Waals surface area contributed by atoms with E-state index in [1.54, 1.807) is 18.2 Å². The quantitative estimate of drug-likeness (QED) is 0.820. The minimum Gasteiger partial charge on any atom is -0.460 e. The monoisotopic (exact) mass is 351 g/mol. The molecule has 0 fully saturated rings. The largest absolute Gasteiger partial charge is 0.460 e. The fourth-order valence-corrected chi connectivity index (χ4v) is 2.74. The highest BCUT2D eigenvalue weighted by Crippen LogP contribution is 2.23. The lowest BCUT2D eigenvalue weighted by atomic mass is 10.1. The van der Waals surface area contributed by atoms with Gasteiger partial charge in [0.1, 0.15) is 12.6 Å². The summed E-state index contributed by atoms with van der Waals surface area (Å²) in [5, 5.41) is 0.918. The number of benzene rings is 2. The van der Waals surface area contributed by atoms with E-state index in [1.807, 2.05) is 26.0 Å². The predicted octanol–water partition coefficient (Wildman–Crippen LogP) is 4.22. The van der Waals surface area contributed by atoms with Gasteiger partial charge in [0.2, 0.25) is 0 Å². The Morgan fingerprint density at radius 3 is 2.30 bits per heavy atom. The van der Waals surface area contributed by atoms with Gasteiger partial charge in [-0.05, 0) is 43.5 Å². The number of rotatable bonds is 5. The molecule has 1 unspecified atom stereocenters. The van der Waals surface area contributed by atoms with E-state index < -0.39 is 12.0 Å². The van der Waals surface area contributed by atoms with Crippen LogP contribution < -0.4 is 5.73 Å². The van der Waals surface area contributed by atoms with Crippen molar-refractivity contribution in [3.63, 3.8) is 0 Å². The molecular formula is C18H19Cl2NO2. The standard InChI is InChI=1S/C18H19Cl2NO2/c1-11-5-12(2)7-14(6-11)10-23-18(22)17(21)9-13-3-4-15(19)16(20)8-13/h3-8,17H,9-10,21H2,1-2H3. The summed E-state index contributed by atoms with van der Waals surface area (Å²) >= 11 is 11.8. The van der Waals surface area contributed by atoms with Crippen molar-refractivity contribution < 1.29 is 9.53 Å². The number of ether oxygens (including phenoxy) is 1. The first-order valence-corrected chi connectivity index (χ1v) is 8.04. The second-order valence-corrected chi connectivity index (χ2v) is 6.48. The van der Waals surface area contributed by atoms with Gasteiger partial charge in [0.05, 0.1) is 10.0 Å². The zero-order chi connectivity index (χ0) is 17.0. The van der Waals surface area contributed by atoms with Crippen molar-refractivity contribution in [3.8, 4) is 0 Å². The van der Waals surface area contributed by atoms with E-state index in [2.05, 4.69) is 6.07 Å². The van der Waals surface area contributed by atoms with Crippen molar-refractivity contribution in [2.75, 3.05) is 0 Å². The molecule has 122 valence electrons. The normalized spacial score (nSPS) is 12.0. The van der Waals surface area contributed by atoms with Crippen LogP contribution in [0.5, 0.6) is 0 Å². The summed E-state index contributed by atoms with van der Waals surface area (Å²) < 4.78 is 5.30. The maximum absolute atomic E-state index is 12.0. The van der Waals surface area contributed by atoms with Crippen LogP contribution in [-0.2, 0) is 22.6 Å². The molecule has 0 radical (unpaired) electrons. The third kappa shape index (κ3) is 5.24. The molecule has 0 bridgehead atoms. The maximum atomic E-state index is 12.0. The highest BCUT2D eigenvalue weighted by atomic mass is 35.5. The molecule has 5 heteroatoms. The first-order chi connectivity index (χ1) is 10.8. The predicted molar refractivity (Wildman–Crippen MR) is 93.9 cm³/mol. The molecule has 0 aliphatic carbocycles. The van der Waals surface area contributed by atoms with Crippen LogP contribution in [-0.4, -0.2) is 12.0 Å². The molecule has 0 saturated heterocycles. The molecule has 0 spiro atoms. The molecule has 2 N–H and O–H groups in total. The van der Waals surface area contributed by atoms with Gasteiger partial charge in [0.15, 0.2) is 0 Å². The second-order valence-electron chi connectivity index (χ2n) is 5.66. The van der Waals surface area contributed by atoms with Gasteiger partial charge < -0.3 is 10.5 Å². The van der Waals surface area contributed by atoms with Crippen molar-refractivity contribution >= 4 is 29.2 Å². The van der Waals surface area contributed by atoms with Crippen molar-refractivity contribution in [2.24, 2.45) is 5.73 Å². The highest BCUT2D eigenvalue weighted by Gasteiger charge is 2.16. The summed E-state index contributed by atoms with van der Waals surface area (Å²) in [6.07, 6.45) is 0.350. The van der Waals surface area contributed by atoms with Crippen molar-refractivity contribution in [3.05, 3.63) is 68.7 Å². The molecule has 3 nitrogen and oxygen atoms in total. The van der Waals surface area contributed by atoms with Crippen LogP contribution >= 0.6 is 23.2 Å². The van der Waals surface area contributed by atoms with E-state index in [9.17, 15) is 4.79 Å². The minimum atomic E-state index is -0.738. The van der Waals surface area contributed by atoms with Gasteiger partial charge in [-0.25, -0.2) is 0 Å². The molecule has 23 heavy (non-hydrogen) atoms. The smallest absolute Gasteiger partial charge is 0.323 e. The summed E-state index contributed by atoms with van der Waals surface area (Å²) in [6, 6.07) is 10.5. The number of carbonyl (C=O) groups excluding carboxylic acids is 1. The van der Waals surface area contributed by atoms with Gasteiger partial charge in [0.25, 0.3) is 0 Å². The zero-order valence-electron chi connectivity index (χ0n) is 13.1. The van der Waals surface area contributed by atoms with Gasteiger partial charge in [-0.2, -0.15) is 0 Å². The molecule has 0 aliphatic rings. The Morgan fingerprint density at radius 1 is 1.04 bits per heavy atom. The Kier molecular flexibility index (Phi) is 6.05. The lowest BCUT2D eigenvalue weighted by Gasteiger charge is -2.13. The van der Waals surface area contributed by atoms with E-state index in [1.165, 1.54) is 0 Å². The Balaban J connectivity index is 1.93. The van der Waals surface area contributed by atoms with E-state index in [0.29, 0.717) is 16.5 Å². The van der Waals surface area contributed by atoms with E-state index in [4.69, 9.17) is 33.7 Å². The average molecular weight is 352 g/mol. The maximum Gasteiger partial charge on any atom is 0.323 e. The molecule has 0 aliphatic heterocycles. The van der Waals surface area contributed by atoms with Gasteiger partial charge in [-0.15, -0.1) is 0 Å².